The van der Waals surface area contributed by atoms with Crippen LogP contribution in [0.1, 0.15) is 33.3 Å². The molecule has 0 atom stereocenters. The number of guanidine groups is 1. The Morgan fingerprint density at radius 1 is 1.22 bits per heavy atom. The van der Waals surface area contributed by atoms with Gasteiger partial charge in [-0.15, -0.1) is 0 Å². The molecular formula is C12H22N4O2. The maximum Gasteiger partial charge on any atom is 0.271 e. The Balaban J connectivity index is 0. The Kier molecular flexibility index (Phi) is 10.2. The summed E-state index contributed by atoms with van der Waals surface area (Å²) in [6.45, 7) is 9.77. The number of hydrogen-bond donors (Lipinski definition) is 2. The molecule has 0 aliphatic carbocycles. The molecule has 0 radical (unpaired) electrons. The van der Waals surface area contributed by atoms with Crippen molar-refractivity contribution in [2.75, 3.05) is 0 Å². The van der Waals surface area contributed by atoms with E-state index in [0.29, 0.717) is 5.69 Å². The molecule has 6 nitrogen and oxygen atoms in total. The van der Waals surface area contributed by atoms with Crippen molar-refractivity contribution in [1.29, 1.82) is 0 Å². The SMILES string of the molecule is CC.CC.Cc1ccc([N+](=O)[O-])cc1N=C(N)N. The molecule has 1 aromatic carbocycles. The van der Waals surface area contributed by atoms with Crippen LogP contribution >= 0.6 is 0 Å². The number of aryl methyl sites for hydroxylation is 1. The molecule has 0 saturated heterocycles. The van der Waals surface area contributed by atoms with Gasteiger partial charge in [0.2, 0.25) is 0 Å². The van der Waals surface area contributed by atoms with Crippen LogP contribution in [0.3, 0.4) is 0 Å². The van der Waals surface area contributed by atoms with E-state index in [-0.39, 0.29) is 11.6 Å². The third-order valence-electron chi connectivity index (χ3n) is 1.65. The van der Waals surface area contributed by atoms with Gasteiger partial charge in [-0.3, -0.25) is 10.1 Å². The second kappa shape index (κ2) is 10.1. The van der Waals surface area contributed by atoms with E-state index in [1.165, 1.54) is 12.1 Å². The van der Waals surface area contributed by atoms with Crippen molar-refractivity contribution in [3.8, 4) is 0 Å². The van der Waals surface area contributed by atoms with E-state index in [9.17, 15) is 10.1 Å². The van der Waals surface area contributed by atoms with Gasteiger partial charge in [0.25, 0.3) is 5.69 Å². The topological polar surface area (TPSA) is 108 Å². The van der Waals surface area contributed by atoms with E-state index >= 15 is 0 Å². The zero-order valence-electron chi connectivity index (χ0n) is 11.6. The number of hydrogen-bond acceptors (Lipinski definition) is 3. The fraction of sp³-hybridized carbons (Fsp3) is 0.417. The molecule has 0 aliphatic heterocycles. The van der Waals surface area contributed by atoms with Gasteiger partial charge in [0.05, 0.1) is 10.6 Å². The van der Waals surface area contributed by atoms with E-state index < -0.39 is 4.92 Å². The van der Waals surface area contributed by atoms with Gasteiger partial charge < -0.3 is 11.5 Å². The van der Waals surface area contributed by atoms with Crippen molar-refractivity contribution in [1.82, 2.24) is 0 Å². The number of benzene rings is 1. The van der Waals surface area contributed by atoms with E-state index in [1.807, 2.05) is 27.7 Å². The lowest BCUT2D eigenvalue weighted by Crippen LogP contribution is -2.22. The van der Waals surface area contributed by atoms with Gasteiger partial charge in [0.15, 0.2) is 5.96 Å². The fourth-order valence-electron chi connectivity index (χ4n) is 0.971. The van der Waals surface area contributed by atoms with Crippen molar-refractivity contribution >= 4 is 17.3 Å². The van der Waals surface area contributed by atoms with Gasteiger partial charge in [-0.25, -0.2) is 4.99 Å². The number of nitro benzene ring substituents is 1. The molecule has 102 valence electrons. The monoisotopic (exact) mass is 254 g/mol. The lowest BCUT2D eigenvalue weighted by Gasteiger charge is -1.99. The molecule has 18 heavy (non-hydrogen) atoms. The maximum atomic E-state index is 10.4. The smallest absolute Gasteiger partial charge is 0.271 e. The van der Waals surface area contributed by atoms with Crippen LogP contribution < -0.4 is 11.5 Å². The van der Waals surface area contributed by atoms with Gasteiger partial charge in [-0.1, -0.05) is 33.8 Å². The zero-order valence-corrected chi connectivity index (χ0v) is 11.6. The van der Waals surface area contributed by atoms with Crippen LogP contribution in [0.2, 0.25) is 0 Å². The summed E-state index contributed by atoms with van der Waals surface area (Å²) < 4.78 is 0. The Morgan fingerprint density at radius 2 is 1.72 bits per heavy atom. The molecule has 0 unspecified atom stereocenters. The Bertz CT molecular complexity index is 399. The highest BCUT2D eigenvalue weighted by atomic mass is 16.6. The number of nitrogens with two attached hydrogens (primary N) is 2. The van der Waals surface area contributed by atoms with Gasteiger partial charge >= 0.3 is 0 Å². The molecule has 1 rings (SSSR count). The molecular weight excluding hydrogens is 232 g/mol. The largest absolute Gasteiger partial charge is 0.370 e. The molecule has 0 bridgehead atoms. The van der Waals surface area contributed by atoms with Gasteiger partial charge in [0.1, 0.15) is 0 Å². The second-order valence-electron chi connectivity index (χ2n) is 2.76. The molecule has 0 spiro atoms. The average Bonchev–Trinajstić information content (AvgIpc) is 2.36. The first kappa shape index (κ1) is 18.3. The zero-order chi connectivity index (χ0) is 14.7. The van der Waals surface area contributed by atoms with Crippen LogP contribution in [0.15, 0.2) is 23.2 Å². The Morgan fingerprint density at radius 3 is 2.11 bits per heavy atom. The highest BCUT2D eigenvalue weighted by Crippen LogP contribution is 2.23. The number of aliphatic imine (C=N–C) groups is 1. The predicted molar refractivity (Wildman–Crippen MR) is 76.0 cm³/mol. The fourth-order valence-corrected chi connectivity index (χ4v) is 0.971. The molecule has 6 heteroatoms. The van der Waals surface area contributed by atoms with Crippen LogP contribution in [-0.4, -0.2) is 10.9 Å². The first-order chi connectivity index (χ1) is 8.50. The summed E-state index contributed by atoms with van der Waals surface area (Å²) in [6, 6.07) is 4.33. The van der Waals surface area contributed by atoms with Gasteiger partial charge in [0, 0.05) is 12.1 Å². The van der Waals surface area contributed by atoms with Crippen LogP contribution in [0.4, 0.5) is 11.4 Å². The summed E-state index contributed by atoms with van der Waals surface area (Å²) in [7, 11) is 0. The van der Waals surface area contributed by atoms with Crippen LogP contribution in [0.5, 0.6) is 0 Å². The quantitative estimate of drug-likeness (QED) is 0.366. The third-order valence-corrected chi connectivity index (χ3v) is 1.65. The van der Waals surface area contributed by atoms with Crippen molar-refractivity contribution < 1.29 is 4.92 Å². The first-order valence-corrected chi connectivity index (χ1v) is 5.85. The molecule has 0 fully saturated rings. The van der Waals surface area contributed by atoms with Crippen molar-refractivity contribution in [2.24, 2.45) is 16.5 Å². The summed E-state index contributed by atoms with van der Waals surface area (Å²) in [5.41, 5.74) is 11.5. The number of non-ortho nitro benzene ring substituents is 1. The van der Waals surface area contributed by atoms with Gasteiger partial charge in [-0.2, -0.15) is 0 Å². The second-order valence-corrected chi connectivity index (χ2v) is 2.76. The van der Waals surface area contributed by atoms with E-state index in [4.69, 9.17) is 11.5 Å². The summed E-state index contributed by atoms with van der Waals surface area (Å²) in [5, 5.41) is 10.4. The lowest BCUT2D eigenvalue weighted by atomic mass is 10.2. The highest BCUT2D eigenvalue weighted by molar-refractivity contribution is 5.79. The normalized spacial score (nSPS) is 8.06. The van der Waals surface area contributed by atoms with Crippen molar-refractivity contribution in [3.05, 3.63) is 33.9 Å². The molecule has 0 aromatic heterocycles. The first-order valence-electron chi connectivity index (χ1n) is 5.85. The van der Waals surface area contributed by atoms with E-state index in [0.717, 1.165) is 5.56 Å². The molecule has 0 amide bonds. The van der Waals surface area contributed by atoms with Crippen LogP contribution in [0.25, 0.3) is 0 Å². The molecule has 4 N–H and O–H groups in total. The standard InChI is InChI=1S/C8H10N4O2.2C2H6/c1-5-2-3-6(12(13)14)4-7(5)11-8(9)10;2*1-2/h2-4H,1H3,(H4,9,10,11);2*1-2H3. The molecule has 0 aliphatic rings. The summed E-state index contributed by atoms with van der Waals surface area (Å²) in [4.78, 5) is 13.7. The van der Waals surface area contributed by atoms with Crippen LogP contribution in [0, 0.1) is 17.0 Å². The van der Waals surface area contributed by atoms with Crippen molar-refractivity contribution in [3.63, 3.8) is 0 Å². The summed E-state index contributed by atoms with van der Waals surface area (Å²) in [5.74, 6) is -0.117. The molecule has 0 heterocycles. The number of nitro groups is 1. The van der Waals surface area contributed by atoms with E-state index in [1.54, 1.807) is 13.0 Å². The van der Waals surface area contributed by atoms with Gasteiger partial charge in [-0.05, 0) is 12.5 Å². The number of nitrogens with zero attached hydrogens (tertiary/aromatic N) is 2. The minimum Gasteiger partial charge on any atom is -0.370 e. The summed E-state index contributed by atoms with van der Waals surface area (Å²) in [6.07, 6.45) is 0. The summed E-state index contributed by atoms with van der Waals surface area (Å²) >= 11 is 0. The molecule has 0 saturated carbocycles. The Hall–Kier alpha value is -2.11. The van der Waals surface area contributed by atoms with E-state index in [2.05, 4.69) is 4.99 Å². The molecule has 1 aromatic rings. The van der Waals surface area contributed by atoms with Crippen molar-refractivity contribution in [2.45, 2.75) is 34.6 Å². The van der Waals surface area contributed by atoms with Crippen LogP contribution in [-0.2, 0) is 0 Å². The lowest BCUT2D eigenvalue weighted by molar-refractivity contribution is -0.384. The number of rotatable bonds is 2. The predicted octanol–water partition coefficient (Wildman–Crippen LogP) is 2.86. The maximum absolute atomic E-state index is 10.4. The average molecular weight is 254 g/mol. The minimum absolute atomic E-state index is 0.0319. The third kappa shape index (κ3) is 6.47. The minimum atomic E-state index is -0.495. The highest BCUT2D eigenvalue weighted by Gasteiger charge is 2.07. The Labute approximate surface area is 108 Å².